The van der Waals surface area contributed by atoms with E-state index in [4.69, 9.17) is 4.74 Å². The first kappa shape index (κ1) is 12.0. The average Bonchev–Trinajstić information content (AvgIpc) is 2.48. The molecule has 1 heterocycles. The Kier molecular flexibility index (Phi) is 4.35. The molecule has 0 bridgehead atoms. The average molecular weight is 200 g/mol. The topological polar surface area (TPSA) is 24.5 Å². The molecule has 0 saturated carbocycles. The Morgan fingerprint density at radius 1 is 1.57 bits per heavy atom. The number of nitrogens with zero attached hydrogens (tertiary/aromatic N) is 1. The molecule has 3 nitrogen and oxygen atoms in total. The fraction of sp³-hybridized carbons (Fsp3) is 1.00. The summed E-state index contributed by atoms with van der Waals surface area (Å²) in [6, 6.07) is 0. The highest BCUT2D eigenvalue weighted by molar-refractivity contribution is 4.88. The van der Waals surface area contributed by atoms with E-state index in [0.717, 1.165) is 13.1 Å². The molecule has 0 amide bonds. The lowest BCUT2D eigenvalue weighted by Crippen LogP contribution is -2.35. The van der Waals surface area contributed by atoms with Gasteiger partial charge in [-0.25, -0.2) is 0 Å². The third-order valence-corrected chi connectivity index (χ3v) is 3.16. The summed E-state index contributed by atoms with van der Waals surface area (Å²) in [6.07, 6.45) is 1.65. The van der Waals surface area contributed by atoms with Crippen molar-refractivity contribution < 1.29 is 4.74 Å². The molecule has 1 aliphatic heterocycles. The van der Waals surface area contributed by atoms with Crippen molar-refractivity contribution in [2.75, 3.05) is 40.3 Å². The van der Waals surface area contributed by atoms with Crippen molar-refractivity contribution >= 4 is 0 Å². The molecule has 84 valence electrons. The number of likely N-dealkylation sites (tertiary alicyclic amines) is 1. The van der Waals surface area contributed by atoms with Crippen LogP contribution in [0.1, 0.15) is 20.3 Å². The van der Waals surface area contributed by atoms with Gasteiger partial charge in [-0.2, -0.15) is 0 Å². The summed E-state index contributed by atoms with van der Waals surface area (Å²) >= 11 is 0. The molecule has 3 heteroatoms. The lowest BCUT2D eigenvalue weighted by Gasteiger charge is -2.25. The van der Waals surface area contributed by atoms with E-state index in [2.05, 4.69) is 24.1 Å². The van der Waals surface area contributed by atoms with Gasteiger partial charge in [0.2, 0.25) is 0 Å². The van der Waals surface area contributed by atoms with Gasteiger partial charge in [-0.15, -0.1) is 0 Å². The molecule has 0 spiro atoms. The maximum atomic E-state index is 5.28. The van der Waals surface area contributed by atoms with Crippen LogP contribution in [-0.4, -0.2) is 51.3 Å². The molecule has 1 aliphatic rings. The van der Waals surface area contributed by atoms with Gasteiger partial charge in [0.05, 0.1) is 6.10 Å². The molecule has 14 heavy (non-hydrogen) atoms. The minimum Gasteiger partial charge on any atom is -0.380 e. The summed E-state index contributed by atoms with van der Waals surface area (Å²) < 4.78 is 5.28. The zero-order chi connectivity index (χ0) is 10.6. The van der Waals surface area contributed by atoms with E-state index in [0.29, 0.717) is 11.5 Å². The van der Waals surface area contributed by atoms with Crippen molar-refractivity contribution in [2.24, 2.45) is 5.41 Å². The SMILES string of the molecule is CNCC1(C)CCN(CC(C)OC)C1. The molecule has 2 unspecified atom stereocenters. The Bertz CT molecular complexity index is 175. The summed E-state index contributed by atoms with van der Waals surface area (Å²) in [5.74, 6) is 0. The van der Waals surface area contributed by atoms with Gasteiger partial charge in [0.25, 0.3) is 0 Å². The maximum Gasteiger partial charge on any atom is 0.0670 e. The minimum atomic E-state index is 0.354. The Labute approximate surface area is 87.8 Å². The summed E-state index contributed by atoms with van der Waals surface area (Å²) in [4.78, 5) is 2.51. The summed E-state index contributed by atoms with van der Waals surface area (Å²) in [6.45, 7) is 9.09. The fourth-order valence-electron chi connectivity index (χ4n) is 2.29. The smallest absolute Gasteiger partial charge is 0.0670 e. The number of hydrogen-bond donors (Lipinski definition) is 1. The van der Waals surface area contributed by atoms with Crippen molar-refractivity contribution in [1.82, 2.24) is 10.2 Å². The van der Waals surface area contributed by atoms with E-state index < -0.39 is 0 Å². The second-order valence-corrected chi connectivity index (χ2v) is 4.87. The predicted molar refractivity (Wildman–Crippen MR) is 59.6 cm³/mol. The van der Waals surface area contributed by atoms with Crippen molar-refractivity contribution in [3.63, 3.8) is 0 Å². The van der Waals surface area contributed by atoms with E-state index in [9.17, 15) is 0 Å². The van der Waals surface area contributed by atoms with Crippen molar-refractivity contribution in [1.29, 1.82) is 0 Å². The Morgan fingerprint density at radius 3 is 2.86 bits per heavy atom. The molecular formula is C11H24N2O. The first-order valence-corrected chi connectivity index (χ1v) is 5.49. The van der Waals surface area contributed by atoms with E-state index in [1.54, 1.807) is 7.11 Å². The third-order valence-electron chi connectivity index (χ3n) is 3.16. The van der Waals surface area contributed by atoms with Crippen molar-refractivity contribution in [3.8, 4) is 0 Å². The first-order chi connectivity index (χ1) is 6.59. The predicted octanol–water partition coefficient (Wildman–Crippen LogP) is 0.953. The Hall–Kier alpha value is -0.120. The highest BCUT2D eigenvalue weighted by atomic mass is 16.5. The molecular weight excluding hydrogens is 176 g/mol. The number of nitrogens with one attached hydrogen (secondary N) is 1. The van der Waals surface area contributed by atoms with Gasteiger partial charge in [-0.05, 0) is 32.4 Å². The third kappa shape index (κ3) is 3.23. The molecule has 1 fully saturated rings. The molecule has 0 aromatic carbocycles. The van der Waals surface area contributed by atoms with E-state index >= 15 is 0 Å². The van der Waals surface area contributed by atoms with Gasteiger partial charge in [0, 0.05) is 26.7 Å². The van der Waals surface area contributed by atoms with Crippen LogP contribution in [-0.2, 0) is 4.74 Å². The fourth-order valence-corrected chi connectivity index (χ4v) is 2.29. The van der Waals surface area contributed by atoms with Crippen LogP contribution in [0.25, 0.3) is 0 Å². The Balaban J connectivity index is 2.33. The zero-order valence-electron chi connectivity index (χ0n) is 9.97. The van der Waals surface area contributed by atoms with Gasteiger partial charge in [0.15, 0.2) is 0 Å². The standard InChI is InChI=1S/C11H24N2O/c1-10(14-4)7-13-6-5-11(2,9-13)8-12-3/h10,12H,5-9H2,1-4H3. The maximum absolute atomic E-state index is 5.28. The van der Waals surface area contributed by atoms with E-state index in [-0.39, 0.29) is 0 Å². The van der Waals surface area contributed by atoms with Crippen LogP contribution >= 0.6 is 0 Å². The van der Waals surface area contributed by atoms with Crippen LogP contribution in [0.3, 0.4) is 0 Å². The van der Waals surface area contributed by atoms with Crippen LogP contribution in [0, 0.1) is 5.41 Å². The summed E-state index contributed by atoms with van der Waals surface area (Å²) in [5, 5.41) is 3.28. The monoisotopic (exact) mass is 200 g/mol. The largest absolute Gasteiger partial charge is 0.380 e. The lowest BCUT2D eigenvalue weighted by molar-refractivity contribution is 0.0815. The minimum absolute atomic E-state index is 0.354. The molecule has 0 aromatic heterocycles. The molecule has 0 aliphatic carbocycles. The number of methoxy groups -OCH3 is 1. The normalized spacial score (nSPS) is 30.9. The Morgan fingerprint density at radius 2 is 2.29 bits per heavy atom. The number of ether oxygens (including phenoxy) is 1. The van der Waals surface area contributed by atoms with Gasteiger partial charge in [0.1, 0.15) is 0 Å². The number of hydrogen-bond acceptors (Lipinski definition) is 3. The second kappa shape index (κ2) is 5.10. The highest BCUT2D eigenvalue weighted by Crippen LogP contribution is 2.28. The van der Waals surface area contributed by atoms with Crippen molar-refractivity contribution in [3.05, 3.63) is 0 Å². The van der Waals surface area contributed by atoms with Gasteiger partial charge < -0.3 is 15.0 Å². The van der Waals surface area contributed by atoms with Crippen LogP contribution in [0.5, 0.6) is 0 Å². The van der Waals surface area contributed by atoms with E-state index in [1.807, 2.05) is 7.05 Å². The van der Waals surface area contributed by atoms with Gasteiger partial charge in [-0.1, -0.05) is 6.92 Å². The number of rotatable bonds is 5. The molecule has 0 aromatic rings. The zero-order valence-corrected chi connectivity index (χ0v) is 9.97. The molecule has 1 rings (SSSR count). The summed E-state index contributed by atoms with van der Waals surface area (Å²) in [7, 11) is 3.82. The molecule has 2 atom stereocenters. The molecule has 1 saturated heterocycles. The van der Waals surface area contributed by atoms with Crippen LogP contribution in [0.4, 0.5) is 0 Å². The second-order valence-electron chi connectivity index (χ2n) is 4.87. The van der Waals surface area contributed by atoms with Crippen LogP contribution < -0.4 is 5.32 Å². The first-order valence-electron chi connectivity index (χ1n) is 5.49. The van der Waals surface area contributed by atoms with E-state index in [1.165, 1.54) is 19.5 Å². The lowest BCUT2D eigenvalue weighted by atomic mass is 9.90. The van der Waals surface area contributed by atoms with Crippen molar-refractivity contribution in [2.45, 2.75) is 26.4 Å². The molecule has 1 N–H and O–H groups in total. The van der Waals surface area contributed by atoms with Crippen LogP contribution in [0.2, 0.25) is 0 Å². The van der Waals surface area contributed by atoms with Crippen LogP contribution in [0.15, 0.2) is 0 Å². The highest BCUT2D eigenvalue weighted by Gasteiger charge is 2.33. The quantitative estimate of drug-likeness (QED) is 0.715. The van der Waals surface area contributed by atoms with Gasteiger partial charge >= 0.3 is 0 Å². The van der Waals surface area contributed by atoms with Gasteiger partial charge in [-0.3, -0.25) is 0 Å². The molecule has 0 radical (unpaired) electrons. The summed E-state index contributed by atoms with van der Waals surface area (Å²) in [5.41, 5.74) is 0.461.